The normalized spacial score (nSPS) is 22.4. The van der Waals surface area contributed by atoms with Crippen molar-refractivity contribution in [2.45, 2.75) is 38.7 Å². The molecule has 2 atom stereocenters. The standard InChI is InChI=1S/C17H18N2O/c1-12-6-2-5-9-16(12)20-17-14(11-18)10-13-7-3-4-8-15(13)19-17/h3-4,7-8,10,12,16H,2,5-6,9H2,1H3. The lowest BCUT2D eigenvalue weighted by Gasteiger charge is -2.29. The third-order valence-corrected chi connectivity index (χ3v) is 4.11. The van der Waals surface area contributed by atoms with Crippen molar-refractivity contribution in [3.05, 3.63) is 35.9 Å². The summed E-state index contributed by atoms with van der Waals surface area (Å²) in [5.74, 6) is 1.02. The van der Waals surface area contributed by atoms with Crippen molar-refractivity contribution in [2.75, 3.05) is 0 Å². The summed E-state index contributed by atoms with van der Waals surface area (Å²) in [5.41, 5.74) is 1.41. The minimum atomic E-state index is 0.185. The van der Waals surface area contributed by atoms with Crippen LogP contribution in [-0.2, 0) is 0 Å². The molecule has 1 aromatic heterocycles. The monoisotopic (exact) mass is 266 g/mol. The quantitative estimate of drug-likeness (QED) is 0.823. The van der Waals surface area contributed by atoms with E-state index in [4.69, 9.17) is 4.74 Å². The van der Waals surface area contributed by atoms with Gasteiger partial charge in [0.1, 0.15) is 17.7 Å². The van der Waals surface area contributed by atoms with Crippen LogP contribution in [0.1, 0.15) is 38.2 Å². The number of hydrogen-bond donors (Lipinski definition) is 0. The smallest absolute Gasteiger partial charge is 0.232 e. The minimum Gasteiger partial charge on any atom is -0.473 e. The Balaban J connectivity index is 1.95. The first-order chi connectivity index (χ1) is 9.78. The van der Waals surface area contributed by atoms with Gasteiger partial charge in [-0.3, -0.25) is 0 Å². The second kappa shape index (κ2) is 5.50. The fourth-order valence-electron chi connectivity index (χ4n) is 2.87. The van der Waals surface area contributed by atoms with Crippen molar-refractivity contribution in [1.29, 1.82) is 5.26 Å². The van der Waals surface area contributed by atoms with Gasteiger partial charge in [0, 0.05) is 5.39 Å². The Morgan fingerprint density at radius 1 is 1.25 bits per heavy atom. The highest BCUT2D eigenvalue weighted by Gasteiger charge is 2.24. The van der Waals surface area contributed by atoms with Gasteiger partial charge in [-0.05, 0) is 37.3 Å². The molecule has 0 radical (unpaired) electrons. The molecular formula is C17H18N2O. The highest BCUT2D eigenvalue weighted by Crippen LogP contribution is 2.29. The van der Waals surface area contributed by atoms with E-state index in [2.05, 4.69) is 18.0 Å². The van der Waals surface area contributed by atoms with Crippen molar-refractivity contribution in [3.63, 3.8) is 0 Å². The molecule has 0 aliphatic heterocycles. The van der Waals surface area contributed by atoms with Crippen molar-refractivity contribution in [1.82, 2.24) is 4.98 Å². The lowest BCUT2D eigenvalue weighted by molar-refractivity contribution is 0.0976. The fourth-order valence-corrected chi connectivity index (χ4v) is 2.87. The summed E-state index contributed by atoms with van der Waals surface area (Å²) in [6.45, 7) is 2.22. The molecule has 0 N–H and O–H groups in total. The number of pyridine rings is 1. The summed E-state index contributed by atoms with van der Waals surface area (Å²) in [6, 6.07) is 11.9. The van der Waals surface area contributed by atoms with Crippen LogP contribution in [0.3, 0.4) is 0 Å². The van der Waals surface area contributed by atoms with E-state index in [9.17, 15) is 5.26 Å². The summed E-state index contributed by atoms with van der Waals surface area (Å²) in [7, 11) is 0. The molecule has 2 aromatic rings. The zero-order chi connectivity index (χ0) is 13.9. The summed E-state index contributed by atoms with van der Waals surface area (Å²) in [6.07, 6.45) is 4.91. The Morgan fingerprint density at radius 2 is 2.05 bits per heavy atom. The van der Waals surface area contributed by atoms with Gasteiger partial charge in [-0.15, -0.1) is 0 Å². The lowest BCUT2D eigenvalue weighted by Crippen LogP contribution is -2.28. The van der Waals surface area contributed by atoms with E-state index in [0.29, 0.717) is 17.4 Å². The van der Waals surface area contributed by atoms with E-state index in [1.165, 1.54) is 19.3 Å². The molecular weight excluding hydrogens is 248 g/mol. The van der Waals surface area contributed by atoms with Crippen LogP contribution in [0.15, 0.2) is 30.3 Å². The van der Waals surface area contributed by atoms with Crippen LogP contribution in [-0.4, -0.2) is 11.1 Å². The Labute approximate surface area is 119 Å². The molecule has 1 aliphatic rings. The average Bonchev–Trinajstić information content (AvgIpc) is 2.49. The number of para-hydroxylation sites is 1. The molecule has 1 saturated carbocycles. The number of fused-ring (bicyclic) bond motifs is 1. The molecule has 1 aliphatic carbocycles. The van der Waals surface area contributed by atoms with Crippen LogP contribution in [0.5, 0.6) is 5.88 Å². The molecule has 0 amide bonds. The summed E-state index contributed by atoms with van der Waals surface area (Å²) < 4.78 is 6.06. The SMILES string of the molecule is CC1CCCCC1Oc1nc2ccccc2cc1C#N. The van der Waals surface area contributed by atoms with E-state index in [1.54, 1.807) is 0 Å². The van der Waals surface area contributed by atoms with E-state index in [-0.39, 0.29) is 6.10 Å². The molecule has 2 unspecified atom stereocenters. The summed E-state index contributed by atoms with van der Waals surface area (Å²) >= 11 is 0. The zero-order valence-electron chi connectivity index (χ0n) is 11.7. The number of hydrogen-bond acceptors (Lipinski definition) is 3. The lowest BCUT2D eigenvalue weighted by atomic mass is 9.88. The van der Waals surface area contributed by atoms with E-state index < -0.39 is 0 Å². The van der Waals surface area contributed by atoms with Gasteiger partial charge < -0.3 is 4.74 Å². The summed E-state index contributed by atoms with van der Waals surface area (Å²) in [5, 5.41) is 10.3. The second-order valence-electron chi connectivity index (χ2n) is 5.56. The number of benzene rings is 1. The van der Waals surface area contributed by atoms with Crippen molar-refractivity contribution in [3.8, 4) is 11.9 Å². The second-order valence-corrected chi connectivity index (χ2v) is 5.56. The van der Waals surface area contributed by atoms with Gasteiger partial charge >= 0.3 is 0 Å². The van der Waals surface area contributed by atoms with Crippen LogP contribution >= 0.6 is 0 Å². The number of aromatic nitrogens is 1. The van der Waals surface area contributed by atoms with Crippen molar-refractivity contribution < 1.29 is 4.74 Å². The predicted molar refractivity (Wildman–Crippen MR) is 78.5 cm³/mol. The van der Waals surface area contributed by atoms with Crippen molar-refractivity contribution in [2.24, 2.45) is 5.92 Å². The molecule has 1 aromatic carbocycles. The first-order valence-electron chi connectivity index (χ1n) is 7.24. The summed E-state index contributed by atoms with van der Waals surface area (Å²) in [4.78, 5) is 4.53. The molecule has 3 nitrogen and oxygen atoms in total. The molecule has 0 bridgehead atoms. The number of nitriles is 1. The highest BCUT2D eigenvalue weighted by atomic mass is 16.5. The minimum absolute atomic E-state index is 0.185. The third-order valence-electron chi connectivity index (χ3n) is 4.11. The predicted octanol–water partition coefficient (Wildman–Crippen LogP) is 4.06. The Hall–Kier alpha value is -2.08. The maximum absolute atomic E-state index is 9.30. The maximum atomic E-state index is 9.30. The van der Waals surface area contributed by atoms with Gasteiger partial charge in [0.15, 0.2) is 0 Å². The molecule has 1 fully saturated rings. The largest absolute Gasteiger partial charge is 0.473 e. The third kappa shape index (κ3) is 2.46. The van der Waals surface area contributed by atoms with Gasteiger partial charge in [-0.25, -0.2) is 4.98 Å². The Bertz CT molecular complexity index is 660. The van der Waals surface area contributed by atoms with Gasteiger partial charge in [-0.1, -0.05) is 31.5 Å². The van der Waals surface area contributed by atoms with Gasteiger partial charge in [0.2, 0.25) is 5.88 Å². The maximum Gasteiger partial charge on any atom is 0.232 e. The number of nitrogens with zero attached hydrogens (tertiary/aromatic N) is 2. The average molecular weight is 266 g/mol. The van der Waals surface area contributed by atoms with E-state index >= 15 is 0 Å². The van der Waals surface area contributed by atoms with Crippen LogP contribution in [0.2, 0.25) is 0 Å². The Morgan fingerprint density at radius 3 is 2.85 bits per heavy atom. The van der Waals surface area contributed by atoms with Gasteiger partial charge in [0.05, 0.1) is 5.52 Å². The van der Waals surface area contributed by atoms with Crippen LogP contribution in [0.4, 0.5) is 0 Å². The molecule has 1 heterocycles. The first-order valence-corrected chi connectivity index (χ1v) is 7.24. The highest BCUT2D eigenvalue weighted by molar-refractivity contribution is 5.80. The van der Waals surface area contributed by atoms with Crippen LogP contribution < -0.4 is 4.74 Å². The molecule has 0 saturated heterocycles. The zero-order valence-corrected chi connectivity index (χ0v) is 11.7. The molecule has 20 heavy (non-hydrogen) atoms. The van der Waals surface area contributed by atoms with Gasteiger partial charge in [0.25, 0.3) is 0 Å². The molecule has 102 valence electrons. The number of rotatable bonds is 2. The number of ether oxygens (including phenoxy) is 1. The van der Waals surface area contributed by atoms with Crippen LogP contribution in [0.25, 0.3) is 10.9 Å². The van der Waals surface area contributed by atoms with E-state index in [1.807, 2.05) is 30.3 Å². The topological polar surface area (TPSA) is 45.9 Å². The Kier molecular flexibility index (Phi) is 3.56. The van der Waals surface area contributed by atoms with Crippen LogP contribution in [0, 0.1) is 17.2 Å². The first kappa shape index (κ1) is 12.9. The van der Waals surface area contributed by atoms with Gasteiger partial charge in [-0.2, -0.15) is 5.26 Å². The molecule has 0 spiro atoms. The van der Waals surface area contributed by atoms with Crippen molar-refractivity contribution >= 4 is 10.9 Å². The van der Waals surface area contributed by atoms with E-state index in [0.717, 1.165) is 17.3 Å². The fraction of sp³-hybridized carbons (Fsp3) is 0.412. The molecule has 3 heteroatoms. The molecule has 3 rings (SSSR count).